The van der Waals surface area contributed by atoms with E-state index in [1.807, 2.05) is 13.8 Å². The molecular weight excluding hydrogens is 268 g/mol. The SMILES string of the molecule is CCOC1CCN(CC)C(=O)N1c1nnc(OC)s1. The number of carbonyl (C=O) groups excluding carboxylic acids is 1. The Kier molecular flexibility index (Phi) is 4.54. The second-order valence-electron chi connectivity index (χ2n) is 3.99. The minimum absolute atomic E-state index is 0.0917. The molecule has 1 aliphatic heterocycles. The van der Waals surface area contributed by atoms with E-state index in [4.69, 9.17) is 9.47 Å². The first-order chi connectivity index (χ1) is 9.21. The summed E-state index contributed by atoms with van der Waals surface area (Å²) in [4.78, 5) is 15.7. The summed E-state index contributed by atoms with van der Waals surface area (Å²) in [5, 5.41) is 8.82. The topological polar surface area (TPSA) is 67.8 Å². The van der Waals surface area contributed by atoms with Gasteiger partial charge in [0.25, 0.3) is 5.19 Å². The second kappa shape index (κ2) is 6.16. The van der Waals surface area contributed by atoms with E-state index >= 15 is 0 Å². The summed E-state index contributed by atoms with van der Waals surface area (Å²) in [5.41, 5.74) is 0. The van der Waals surface area contributed by atoms with Gasteiger partial charge in [-0.2, -0.15) is 0 Å². The average molecular weight is 286 g/mol. The number of rotatable bonds is 5. The van der Waals surface area contributed by atoms with Crippen LogP contribution in [0.25, 0.3) is 0 Å². The lowest BCUT2D eigenvalue weighted by Crippen LogP contribution is -2.55. The van der Waals surface area contributed by atoms with E-state index in [1.54, 1.807) is 9.80 Å². The van der Waals surface area contributed by atoms with Crippen LogP contribution in [-0.4, -0.2) is 54.2 Å². The molecule has 1 aliphatic rings. The standard InChI is InChI=1S/C11H18N4O3S/c1-4-14-7-6-8(18-5-2)15(11(14)16)9-12-13-10(17-3)19-9/h8H,4-7H2,1-3H3. The van der Waals surface area contributed by atoms with E-state index in [2.05, 4.69) is 10.2 Å². The van der Waals surface area contributed by atoms with Crippen LogP contribution in [0.15, 0.2) is 0 Å². The number of aromatic nitrogens is 2. The largest absolute Gasteiger partial charge is 0.472 e. The van der Waals surface area contributed by atoms with Crippen LogP contribution in [0, 0.1) is 0 Å². The molecule has 0 aromatic carbocycles. The van der Waals surface area contributed by atoms with Crippen molar-refractivity contribution in [3.8, 4) is 5.19 Å². The van der Waals surface area contributed by atoms with Crippen molar-refractivity contribution in [1.29, 1.82) is 0 Å². The van der Waals surface area contributed by atoms with Crippen LogP contribution in [0.1, 0.15) is 20.3 Å². The maximum Gasteiger partial charge on any atom is 0.328 e. The number of ether oxygens (including phenoxy) is 2. The van der Waals surface area contributed by atoms with Gasteiger partial charge in [0.05, 0.1) is 7.11 Å². The Morgan fingerprint density at radius 3 is 2.79 bits per heavy atom. The summed E-state index contributed by atoms with van der Waals surface area (Å²) >= 11 is 1.24. The molecule has 2 amide bonds. The lowest BCUT2D eigenvalue weighted by molar-refractivity contribution is 0.0370. The molecule has 2 heterocycles. The molecule has 1 aromatic rings. The van der Waals surface area contributed by atoms with Gasteiger partial charge in [-0.1, -0.05) is 5.10 Å². The van der Waals surface area contributed by atoms with E-state index in [0.29, 0.717) is 30.0 Å². The molecule has 8 heteroatoms. The molecule has 1 fully saturated rings. The number of hydrogen-bond acceptors (Lipinski definition) is 6. The molecular formula is C11H18N4O3S. The molecule has 0 spiro atoms. The number of urea groups is 1. The minimum Gasteiger partial charge on any atom is -0.472 e. The Hall–Kier alpha value is -1.41. The predicted molar refractivity (Wildman–Crippen MR) is 71.6 cm³/mol. The fraction of sp³-hybridized carbons (Fsp3) is 0.727. The molecule has 106 valence electrons. The fourth-order valence-corrected chi connectivity index (χ4v) is 2.69. The maximum absolute atomic E-state index is 12.4. The molecule has 19 heavy (non-hydrogen) atoms. The molecule has 1 aromatic heterocycles. The molecule has 0 N–H and O–H groups in total. The van der Waals surface area contributed by atoms with Gasteiger partial charge < -0.3 is 14.4 Å². The van der Waals surface area contributed by atoms with Gasteiger partial charge in [0.1, 0.15) is 6.23 Å². The van der Waals surface area contributed by atoms with Crippen LogP contribution in [0.4, 0.5) is 9.93 Å². The van der Waals surface area contributed by atoms with Gasteiger partial charge in [-0.25, -0.2) is 9.69 Å². The Morgan fingerprint density at radius 2 is 2.21 bits per heavy atom. The predicted octanol–water partition coefficient (Wildman–Crippen LogP) is 1.56. The van der Waals surface area contributed by atoms with Crippen LogP contribution in [-0.2, 0) is 4.74 Å². The summed E-state index contributed by atoms with van der Waals surface area (Å²) in [7, 11) is 1.53. The van der Waals surface area contributed by atoms with Crippen LogP contribution >= 0.6 is 11.3 Å². The Balaban J connectivity index is 2.25. The quantitative estimate of drug-likeness (QED) is 0.821. The highest BCUT2D eigenvalue weighted by molar-refractivity contribution is 7.17. The summed E-state index contributed by atoms with van der Waals surface area (Å²) in [5.74, 6) is 0. The third kappa shape index (κ3) is 2.79. The number of nitrogens with zero attached hydrogens (tertiary/aromatic N) is 4. The van der Waals surface area contributed by atoms with Gasteiger partial charge in [-0.3, -0.25) is 0 Å². The van der Waals surface area contributed by atoms with Crippen LogP contribution in [0.5, 0.6) is 5.19 Å². The smallest absolute Gasteiger partial charge is 0.328 e. The molecule has 2 rings (SSSR count). The Labute approximate surface area is 116 Å². The van der Waals surface area contributed by atoms with E-state index in [9.17, 15) is 4.79 Å². The van der Waals surface area contributed by atoms with E-state index in [-0.39, 0.29) is 12.3 Å². The third-order valence-corrected chi connectivity index (χ3v) is 3.81. The summed E-state index contributed by atoms with van der Waals surface area (Å²) < 4.78 is 10.7. The minimum atomic E-state index is -0.280. The number of carbonyl (C=O) groups is 1. The first kappa shape index (κ1) is 14.0. The van der Waals surface area contributed by atoms with E-state index < -0.39 is 0 Å². The van der Waals surface area contributed by atoms with Crippen molar-refractivity contribution in [2.45, 2.75) is 26.5 Å². The van der Waals surface area contributed by atoms with Crippen molar-refractivity contribution in [2.75, 3.05) is 31.7 Å². The summed E-state index contributed by atoms with van der Waals surface area (Å²) in [6.45, 7) is 5.79. The summed E-state index contributed by atoms with van der Waals surface area (Å²) in [6, 6.07) is -0.0917. The number of methoxy groups -OCH3 is 1. The zero-order valence-electron chi connectivity index (χ0n) is 11.3. The van der Waals surface area contributed by atoms with Crippen LogP contribution in [0.3, 0.4) is 0 Å². The normalized spacial score (nSPS) is 19.9. The zero-order chi connectivity index (χ0) is 13.8. The van der Waals surface area contributed by atoms with Crippen molar-refractivity contribution in [2.24, 2.45) is 0 Å². The molecule has 0 bridgehead atoms. The van der Waals surface area contributed by atoms with Crippen molar-refractivity contribution in [3.63, 3.8) is 0 Å². The molecule has 1 atom stereocenters. The average Bonchev–Trinajstić information content (AvgIpc) is 2.88. The van der Waals surface area contributed by atoms with E-state index in [1.165, 1.54) is 18.4 Å². The zero-order valence-corrected chi connectivity index (χ0v) is 12.1. The Bertz CT molecular complexity index is 439. The van der Waals surface area contributed by atoms with Gasteiger partial charge >= 0.3 is 6.03 Å². The number of anilines is 1. The van der Waals surface area contributed by atoms with E-state index in [0.717, 1.165) is 6.42 Å². The molecule has 0 aliphatic carbocycles. The third-order valence-electron chi connectivity index (χ3n) is 2.93. The highest BCUT2D eigenvalue weighted by Crippen LogP contribution is 2.31. The van der Waals surface area contributed by atoms with Gasteiger partial charge in [0, 0.05) is 26.1 Å². The molecule has 1 saturated heterocycles. The monoisotopic (exact) mass is 286 g/mol. The van der Waals surface area contributed by atoms with Crippen LogP contribution < -0.4 is 9.64 Å². The maximum atomic E-state index is 12.4. The first-order valence-electron chi connectivity index (χ1n) is 6.28. The van der Waals surface area contributed by atoms with Crippen molar-refractivity contribution >= 4 is 22.5 Å². The van der Waals surface area contributed by atoms with Crippen LogP contribution in [0.2, 0.25) is 0 Å². The van der Waals surface area contributed by atoms with Crippen molar-refractivity contribution in [3.05, 3.63) is 0 Å². The summed E-state index contributed by atoms with van der Waals surface area (Å²) in [6.07, 6.45) is 0.480. The Morgan fingerprint density at radius 1 is 1.42 bits per heavy atom. The number of hydrogen-bond donors (Lipinski definition) is 0. The number of amides is 2. The van der Waals surface area contributed by atoms with Gasteiger partial charge in [-0.05, 0) is 25.2 Å². The lowest BCUT2D eigenvalue weighted by Gasteiger charge is -2.38. The van der Waals surface area contributed by atoms with Crippen molar-refractivity contribution in [1.82, 2.24) is 15.1 Å². The fourth-order valence-electron chi connectivity index (χ4n) is 2.00. The van der Waals surface area contributed by atoms with Crippen molar-refractivity contribution < 1.29 is 14.3 Å². The van der Waals surface area contributed by atoms with Gasteiger partial charge in [0.2, 0.25) is 5.13 Å². The van der Waals surface area contributed by atoms with Gasteiger partial charge in [-0.15, -0.1) is 5.10 Å². The molecule has 1 unspecified atom stereocenters. The van der Waals surface area contributed by atoms with Gasteiger partial charge in [0.15, 0.2) is 0 Å². The molecule has 7 nitrogen and oxygen atoms in total. The highest BCUT2D eigenvalue weighted by atomic mass is 32.1. The molecule has 0 saturated carbocycles. The first-order valence-corrected chi connectivity index (χ1v) is 7.10. The molecule has 0 radical (unpaired) electrons. The highest BCUT2D eigenvalue weighted by Gasteiger charge is 2.36. The lowest BCUT2D eigenvalue weighted by atomic mass is 10.2. The second-order valence-corrected chi connectivity index (χ2v) is 4.90.